The molecule has 1 unspecified atom stereocenters. The molecule has 2 aromatic rings. The minimum absolute atomic E-state index is 0.263. The molecule has 2 N–H and O–H groups in total. The lowest BCUT2D eigenvalue weighted by atomic mass is 9.78. The SMILES string of the molecule is NCc1cc2c(cc1OCC1Cc3ccccc31)OCO2. The summed E-state index contributed by atoms with van der Waals surface area (Å²) in [5, 5.41) is 0. The number of hydrogen-bond donors (Lipinski definition) is 1. The number of fused-ring (bicyclic) bond motifs is 2. The van der Waals surface area contributed by atoms with Gasteiger partial charge in [0.25, 0.3) is 0 Å². The first-order valence-corrected chi connectivity index (χ1v) is 7.18. The molecule has 0 amide bonds. The van der Waals surface area contributed by atoms with Crippen molar-refractivity contribution in [2.75, 3.05) is 13.4 Å². The second-order valence-electron chi connectivity index (χ2n) is 5.43. The molecule has 4 nitrogen and oxygen atoms in total. The number of rotatable bonds is 4. The fourth-order valence-corrected chi connectivity index (χ4v) is 2.96. The molecule has 1 heterocycles. The predicted octanol–water partition coefficient (Wildman–Crippen LogP) is 2.59. The largest absolute Gasteiger partial charge is 0.492 e. The smallest absolute Gasteiger partial charge is 0.231 e. The predicted molar refractivity (Wildman–Crippen MR) is 78.8 cm³/mol. The van der Waals surface area contributed by atoms with E-state index in [4.69, 9.17) is 19.9 Å². The van der Waals surface area contributed by atoms with Crippen LogP contribution < -0.4 is 19.9 Å². The summed E-state index contributed by atoms with van der Waals surface area (Å²) in [6.07, 6.45) is 1.08. The van der Waals surface area contributed by atoms with Gasteiger partial charge in [-0.2, -0.15) is 0 Å². The Morgan fingerprint density at radius 2 is 1.95 bits per heavy atom. The molecule has 2 aromatic carbocycles. The maximum atomic E-state index is 6.00. The first-order valence-electron chi connectivity index (χ1n) is 7.18. The van der Waals surface area contributed by atoms with Gasteiger partial charge < -0.3 is 19.9 Å². The number of benzene rings is 2. The van der Waals surface area contributed by atoms with Gasteiger partial charge in [-0.25, -0.2) is 0 Å². The molecule has 21 heavy (non-hydrogen) atoms. The average Bonchev–Trinajstić information content (AvgIpc) is 2.94. The molecule has 2 aliphatic rings. The zero-order valence-electron chi connectivity index (χ0n) is 11.7. The quantitative estimate of drug-likeness (QED) is 0.937. The summed E-state index contributed by atoms with van der Waals surface area (Å²) in [5.41, 5.74) is 9.57. The van der Waals surface area contributed by atoms with E-state index < -0.39 is 0 Å². The molecule has 1 aliphatic carbocycles. The van der Waals surface area contributed by atoms with Crippen LogP contribution in [0, 0.1) is 0 Å². The van der Waals surface area contributed by atoms with Gasteiger partial charge in [0, 0.05) is 24.1 Å². The van der Waals surface area contributed by atoms with Crippen LogP contribution in [0.3, 0.4) is 0 Å². The van der Waals surface area contributed by atoms with Crippen molar-refractivity contribution in [1.29, 1.82) is 0 Å². The van der Waals surface area contributed by atoms with E-state index in [1.54, 1.807) is 0 Å². The number of hydrogen-bond acceptors (Lipinski definition) is 4. The van der Waals surface area contributed by atoms with Gasteiger partial charge in [-0.1, -0.05) is 24.3 Å². The van der Waals surface area contributed by atoms with Gasteiger partial charge in [-0.05, 0) is 23.6 Å². The van der Waals surface area contributed by atoms with Crippen LogP contribution in [0.1, 0.15) is 22.6 Å². The summed E-state index contributed by atoms with van der Waals surface area (Å²) < 4.78 is 16.8. The van der Waals surface area contributed by atoms with Crippen molar-refractivity contribution >= 4 is 0 Å². The van der Waals surface area contributed by atoms with Gasteiger partial charge in [0.15, 0.2) is 11.5 Å². The fourth-order valence-electron chi connectivity index (χ4n) is 2.96. The van der Waals surface area contributed by atoms with Crippen molar-refractivity contribution in [3.8, 4) is 17.2 Å². The Bertz CT molecular complexity index is 684. The molecule has 0 saturated carbocycles. The Labute approximate surface area is 123 Å². The maximum absolute atomic E-state index is 6.00. The van der Waals surface area contributed by atoms with Crippen molar-refractivity contribution < 1.29 is 14.2 Å². The van der Waals surface area contributed by atoms with Crippen LogP contribution in [0.25, 0.3) is 0 Å². The van der Waals surface area contributed by atoms with Crippen LogP contribution in [-0.2, 0) is 13.0 Å². The molecule has 1 atom stereocenters. The maximum Gasteiger partial charge on any atom is 0.231 e. The van der Waals surface area contributed by atoms with Crippen LogP contribution in [0.15, 0.2) is 36.4 Å². The second-order valence-corrected chi connectivity index (χ2v) is 5.43. The fraction of sp³-hybridized carbons (Fsp3) is 0.294. The topological polar surface area (TPSA) is 53.7 Å². The molecule has 0 saturated heterocycles. The van der Waals surface area contributed by atoms with Crippen LogP contribution in [-0.4, -0.2) is 13.4 Å². The van der Waals surface area contributed by atoms with E-state index in [1.165, 1.54) is 11.1 Å². The third-order valence-electron chi connectivity index (χ3n) is 4.18. The lowest BCUT2D eigenvalue weighted by molar-refractivity contribution is 0.173. The molecule has 0 spiro atoms. The number of nitrogens with two attached hydrogens (primary N) is 1. The van der Waals surface area contributed by atoms with Crippen LogP contribution in [0.4, 0.5) is 0 Å². The highest BCUT2D eigenvalue weighted by Crippen LogP contribution is 2.39. The van der Waals surface area contributed by atoms with Crippen LogP contribution in [0.5, 0.6) is 17.2 Å². The third kappa shape index (κ3) is 2.12. The van der Waals surface area contributed by atoms with Crippen molar-refractivity contribution in [3.05, 3.63) is 53.1 Å². The molecule has 108 valence electrons. The Kier molecular flexibility index (Phi) is 2.97. The normalized spacial score (nSPS) is 18.0. The van der Waals surface area contributed by atoms with Crippen molar-refractivity contribution in [2.24, 2.45) is 5.73 Å². The van der Waals surface area contributed by atoms with E-state index in [0.29, 0.717) is 19.1 Å². The summed E-state index contributed by atoms with van der Waals surface area (Å²) in [6.45, 7) is 1.36. The van der Waals surface area contributed by atoms with Crippen molar-refractivity contribution in [3.63, 3.8) is 0 Å². The molecule has 0 bridgehead atoms. The molecule has 4 rings (SSSR count). The molecule has 1 aliphatic heterocycles. The average molecular weight is 283 g/mol. The van der Waals surface area contributed by atoms with Crippen molar-refractivity contribution in [1.82, 2.24) is 0 Å². The van der Waals surface area contributed by atoms with E-state index in [2.05, 4.69) is 24.3 Å². The summed E-state index contributed by atoms with van der Waals surface area (Å²) in [6, 6.07) is 12.3. The number of ether oxygens (including phenoxy) is 3. The van der Waals surface area contributed by atoms with E-state index in [-0.39, 0.29) is 6.79 Å². The van der Waals surface area contributed by atoms with Gasteiger partial charge in [-0.3, -0.25) is 0 Å². The van der Waals surface area contributed by atoms with E-state index in [1.807, 2.05) is 12.1 Å². The zero-order valence-corrected chi connectivity index (χ0v) is 11.7. The van der Waals surface area contributed by atoms with E-state index in [0.717, 1.165) is 29.2 Å². The Morgan fingerprint density at radius 1 is 1.14 bits per heavy atom. The highest BCUT2D eigenvalue weighted by atomic mass is 16.7. The standard InChI is InChI=1S/C17H17NO3/c18-8-12-6-16-17(21-10-20-16)7-15(12)19-9-13-5-11-3-1-2-4-14(11)13/h1-4,6-7,13H,5,8-10,18H2. The molecule has 4 heteroatoms. The highest BCUT2D eigenvalue weighted by Gasteiger charge is 2.26. The summed E-state index contributed by atoms with van der Waals surface area (Å²) in [5.74, 6) is 2.75. The van der Waals surface area contributed by atoms with Gasteiger partial charge in [0.05, 0.1) is 6.61 Å². The molecule has 0 fully saturated rings. The molecular weight excluding hydrogens is 266 g/mol. The van der Waals surface area contributed by atoms with Gasteiger partial charge in [0.2, 0.25) is 6.79 Å². The van der Waals surface area contributed by atoms with Gasteiger partial charge >= 0.3 is 0 Å². The summed E-state index contributed by atoms with van der Waals surface area (Å²) in [7, 11) is 0. The Hall–Kier alpha value is -2.20. The van der Waals surface area contributed by atoms with Crippen LogP contribution in [0.2, 0.25) is 0 Å². The second kappa shape index (κ2) is 4.97. The minimum atomic E-state index is 0.263. The molecular formula is C17H17NO3. The zero-order chi connectivity index (χ0) is 14.2. The first-order chi connectivity index (χ1) is 10.3. The van der Waals surface area contributed by atoms with Crippen molar-refractivity contribution in [2.45, 2.75) is 18.9 Å². The third-order valence-corrected chi connectivity index (χ3v) is 4.18. The lowest BCUT2D eigenvalue weighted by Crippen LogP contribution is -2.23. The lowest BCUT2D eigenvalue weighted by Gasteiger charge is -2.30. The summed E-state index contributed by atoms with van der Waals surface area (Å²) in [4.78, 5) is 0. The van der Waals surface area contributed by atoms with Gasteiger partial charge in [-0.15, -0.1) is 0 Å². The monoisotopic (exact) mass is 283 g/mol. The Morgan fingerprint density at radius 3 is 2.76 bits per heavy atom. The van der Waals surface area contributed by atoms with E-state index >= 15 is 0 Å². The molecule has 0 aromatic heterocycles. The van der Waals surface area contributed by atoms with Gasteiger partial charge in [0.1, 0.15) is 5.75 Å². The van der Waals surface area contributed by atoms with Crippen LogP contribution >= 0.6 is 0 Å². The highest BCUT2D eigenvalue weighted by molar-refractivity contribution is 5.52. The first kappa shape index (κ1) is 12.5. The minimum Gasteiger partial charge on any atom is -0.492 e. The summed E-state index contributed by atoms with van der Waals surface area (Å²) >= 11 is 0. The van der Waals surface area contributed by atoms with E-state index in [9.17, 15) is 0 Å². The molecule has 0 radical (unpaired) electrons. The Balaban J connectivity index is 1.51.